The van der Waals surface area contributed by atoms with Crippen molar-refractivity contribution in [2.24, 2.45) is 17.6 Å². The number of nitrogens with one attached hydrogen (secondary N) is 1. The van der Waals surface area contributed by atoms with Gasteiger partial charge in [-0.1, -0.05) is 0 Å². The van der Waals surface area contributed by atoms with Gasteiger partial charge in [0, 0.05) is 46.9 Å². The Morgan fingerprint density at radius 1 is 1.06 bits per heavy atom. The van der Waals surface area contributed by atoms with Gasteiger partial charge in [-0.3, -0.25) is 9.69 Å². The lowest BCUT2D eigenvalue weighted by molar-refractivity contribution is 0.0910. The van der Waals surface area contributed by atoms with Crippen LogP contribution in [0.1, 0.15) is 46.4 Å². The molecule has 2 aliphatic carbocycles. The van der Waals surface area contributed by atoms with Crippen molar-refractivity contribution in [3.05, 3.63) is 64.4 Å². The molecule has 2 heterocycles. The van der Waals surface area contributed by atoms with Crippen LogP contribution in [0.4, 0.5) is 8.78 Å². The molecule has 2 atom stereocenters. The molecular formula is C27H29F2N3O2. The number of aryl methyl sites for hydroxylation is 1. The second-order valence-electron chi connectivity index (χ2n) is 10.2. The quantitative estimate of drug-likeness (QED) is 0.568. The summed E-state index contributed by atoms with van der Waals surface area (Å²) in [6.07, 6.45) is 5.94. The van der Waals surface area contributed by atoms with E-state index < -0.39 is 11.7 Å². The predicted molar refractivity (Wildman–Crippen MR) is 126 cm³/mol. The number of hydrogen-bond donors (Lipinski definition) is 2. The Bertz CT molecular complexity index is 1270. The van der Waals surface area contributed by atoms with Crippen molar-refractivity contribution in [3.63, 3.8) is 0 Å². The van der Waals surface area contributed by atoms with Gasteiger partial charge in [0.1, 0.15) is 12.4 Å². The molecule has 2 unspecified atom stereocenters. The van der Waals surface area contributed by atoms with Gasteiger partial charge in [0.15, 0.2) is 11.6 Å². The average Bonchev–Trinajstić information content (AvgIpc) is 3.57. The fraction of sp³-hybridized carbons (Fsp3) is 0.444. The molecule has 0 saturated heterocycles. The Labute approximate surface area is 197 Å². The molecule has 3 aromatic rings. The second-order valence-corrected chi connectivity index (χ2v) is 10.2. The third kappa shape index (κ3) is 3.96. The van der Waals surface area contributed by atoms with Crippen molar-refractivity contribution in [2.75, 3.05) is 19.7 Å². The maximum atomic E-state index is 14.4. The van der Waals surface area contributed by atoms with E-state index in [1.807, 2.05) is 6.07 Å². The first-order valence-corrected chi connectivity index (χ1v) is 12.2. The van der Waals surface area contributed by atoms with Crippen LogP contribution in [0.2, 0.25) is 0 Å². The van der Waals surface area contributed by atoms with Crippen molar-refractivity contribution >= 4 is 16.8 Å². The molecule has 0 radical (unpaired) electrons. The van der Waals surface area contributed by atoms with Crippen LogP contribution < -0.4 is 10.5 Å². The van der Waals surface area contributed by atoms with E-state index in [0.29, 0.717) is 36.0 Å². The molecule has 34 heavy (non-hydrogen) atoms. The van der Waals surface area contributed by atoms with Gasteiger partial charge in [-0.05, 0) is 86.3 Å². The number of aromatic nitrogens is 1. The number of amides is 1. The fourth-order valence-corrected chi connectivity index (χ4v) is 5.85. The summed E-state index contributed by atoms with van der Waals surface area (Å²) in [7, 11) is 0. The average molecular weight is 466 g/mol. The van der Waals surface area contributed by atoms with Crippen LogP contribution in [0.25, 0.3) is 10.9 Å². The summed E-state index contributed by atoms with van der Waals surface area (Å²) < 4.78 is 34.2. The van der Waals surface area contributed by atoms with Gasteiger partial charge in [-0.15, -0.1) is 0 Å². The number of fused-ring (bicyclic) bond motifs is 4. The summed E-state index contributed by atoms with van der Waals surface area (Å²) in [5, 5.41) is 0.991. The van der Waals surface area contributed by atoms with Gasteiger partial charge in [0.25, 0.3) is 0 Å². The predicted octanol–water partition coefficient (Wildman–Crippen LogP) is 4.37. The summed E-state index contributed by atoms with van der Waals surface area (Å²) in [4.78, 5) is 18.0. The van der Waals surface area contributed by atoms with Crippen LogP contribution in [-0.2, 0) is 19.3 Å². The van der Waals surface area contributed by atoms with Gasteiger partial charge in [-0.2, -0.15) is 0 Å². The van der Waals surface area contributed by atoms with Crippen LogP contribution >= 0.6 is 0 Å². The van der Waals surface area contributed by atoms with Crippen molar-refractivity contribution in [2.45, 2.75) is 44.6 Å². The number of rotatable bonds is 6. The van der Waals surface area contributed by atoms with E-state index in [1.165, 1.54) is 42.3 Å². The normalized spacial score (nSPS) is 21.9. The number of H-pyrrole nitrogens is 1. The Morgan fingerprint density at radius 2 is 1.88 bits per heavy atom. The Kier molecular flexibility index (Phi) is 5.32. The topological polar surface area (TPSA) is 71.4 Å². The van der Waals surface area contributed by atoms with E-state index in [1.54, 1.807) is 6.07 Å². The largest absolute Gasteiger partial charge is 0.489 e. The molecule has 1 amide bonds. The molecule has 3 N–H and O–H groups in total. The Hall–Kier alpha value is -2.93. The number of ether oxygens (including phenoxy) is 1. The maximum Gasteiger partial charge on any atom is 0.249 e. The van der Waals surface area contributed by atoms with Crippen LogP contribution in [-0.4, -0.2) is 41.5 Å². The molecule has 1 aromatic heterocycles. The minimum Gasteiger partial charge on any atom is -0.489 e. The number of benzene rings is 2. The van der Waals surface area contributed by atoms with E-state index in [4.69, 9.17) is 10.5 Å². The summed E-state index contributed by atoms with van der Waals surface area (Å²) in [5.41, 5.74) is 9.97. The van der Waals surface area contributed by atoms with Crippen molar-refractivity contribution in [3.8, 4) is 5.75 Å². The first kappa shape index (κ1) is 21.6. The number of hydrogen-bond acceptors (Lipinski definition) is 3. The van der Waals surface area contributed by atoms with Crippen LogP contribution in [0.15, 0.2) is 30.3 Å². The molecule has 6 rings (SSSR count). The molecule has 0 bridgehead atoms. The smallest absolute Gasteiger partial charge is 0.249 e. The third-order valence-corrected chi connectivity index (χ3v) is 7.79. The standard InChI is InChI=1S/C27H29F2N3O2/c28-17-4-8-25-21(10-17)20-9-16(3-7-24(20)31-25)13-32(12-15-1-2-15)18-11-22-19(27(30)33)5-6-23(29)26(22)34-14-18/h4-6,8,10,15-16,18,31H,1-3,7,9,11-14H2,(H2,30,33). The number of carbonyl (C=O) groups is 1. The molecular weight excluding hydrogens is 436 g/mol. The molecule has 2 aromatic carbocycles. The number of nitrogens with zero attached hydrogens (tertiary/aromatic N) is 1. The highest BCUT2D eigenvalue weighted by atomic mass is 19.1. The van der Waals surface area contributed by atoms with Gasteiger partial charge < -0.3 is 15.5 Å². The second kappa shape index (κ2) is 8.38. The summed E-state index contributed by atoms with van der Waals surface area (Å²) >= 11 is 0. The van der Waals surface area contributed by atoms with Crippen LogP contribution in [0.5, 0.6) is 5.75 Å². The molecule has 7 heteroatoms. The van der Waals surface area contributed by atoms with Crippen LogP contribution in [0, 0.1) is 23.5 Å². The molecule has 1 saturated carbocycles. The van der Waals surface area contributed by atoms with Crippen molar-refractivity contribution < 1.29 is 18.3 Å². The zero-order valence-electron chi connectivity index (χ0n) is 19.1. The van der Waals surface area contributed by atoms with Gasteiger partial charge in [0.2, 0.25) is 5.91 Å². The molecule has 5 nitrogen and oxygen atoms in total. The van der Waals surface area contributed by atoms with E-state index in [2.05, 4.69) is 9.88 Å². The molecule has 3 aliphatic rings. The van der Waals surface area contributed by atoms with Crippen LogP contribution in [0.3, 0.4) is 0 Å². The summed E-state index contributed by atoms with van der Waals surface area (Å²) in [5.74, 6) is 0.0902. The minimum absolute atomic E-state index is 0.0646. The van der Waals surface area contributed by atoms with Gasteiger partial charge >= 0.3 is 0 Å². The van der Waals surface area contributed by atoms with Gasteiger partial charge in [0.05, 0.1) is 0 Å². The Balaban J connectivity index is 1.25. The summed E-state index contributed by atoms with van der Waals surface area (Å²) in [6, 6.07) is 7.75. The number of halogens is 2. The van der Waals surface area contributed by atoms with Crippen molar-refractivity contribution in [1.82, 2.24) is 9.88 Å². The van der Waals surface area contributed by atoms with Gasteiger partial charge in [-0.25, -0.2) is 8.78 Å². The van der Waals surface area contributed by atoms with E-state index in [0.717, 1.165) is 43.3 Å². The maximum absolute atomic E-state index is 14.4. The summed E-state index contributed by atoms with van der Waals surface area (Å²) in [6.45, 7) is 2.29. The van der Waals surface area contributed by atoms with E-state index in [-0.39, 0.29) is 17.6 Å². The molecule has 0 spiro atoms. The number of carbonyl (C=O) groups excluding carboxylic acids is 1. The van der Waals surface area contributed by atoms with E-state index in [9.17, 15) is 13.6 Å². The fourth-order valence-electron chi connectivity index (χ4n) is 5.85. The molecule has 178 valence electrons. The van der Waals surface area contributed by atoms with E-state index >= 15 is 0 Å². The Morgan fingerprint density at radius 3 is 2.68 bits per heavy atom. The lowest BCUT2D eigenvalue weighted by Gasteiger charge is -2.38. The van der Waals surface area contributed by atoms with Crippen molar-refractivity contribution in [1.29, 1.82) is 0 Å². The number of nitrogens with two attached hydrogens (primary N) is 1. The zero-order valence-corrected chi connectivity index (χ0v) is 19.1. The highest BCUT2D eigenvalue weighted by Crippen LogP contribution is 2.37. The minimum atomic E-state index is -0.555. The number of aromatic amines is 1. The monoisotopic (exact) mass is 465 g/mol. The SMILES string of the molecule is NC(=O)c1ccc(F)c2c1CC(N(CC1CC1)CC1CCc3[nH]c4ccc(F)cc4c3C1)CO2. The highest BCUT2D eigenvalue weighted by molar-refractivity contribution is 5.95. The zero-order chi connectivity index (χ0) is 23.4. The highest BCUT2D eigenvalue weighted by Gasteiger charge is 2.35. The lowest BCUT2D eigenvalue weighted by atomic mass is 9.85. The third-order valence-electron chi connectivity index (χ3n) is 7.79. The molecule has 1 fully saturated rings. The molecule has 1 aliphatic heterocycles. The lowest BCUT2D eigenvalue weighted by Crippen LogP contribution is -2.47. The number of primary amides is 1. The first-order chi connectivity index (χ1) is 16.5. The first-order valence-electron chi connectivity index (χ1n) is 12.2.